The molecule has 4 rings (SSSR count). The number of hydrogen-bond acceptors (Lipinski definition) is 6. The van der Waals surface area contributed by atoms with Gasteiger partial charge in [-0.1, -0.05) is 25.0 Å². The van der Waals surface area contributed by atoms with Gasteiger partial charge < -0.3 is 13.9 Å². The van der Waals surface area contributed by atoms with E-state index in [-0.39, 0.29) is 0 Å². The second kappa shape index (κ2) is 9.09. The zero-order valence-electron chi connectivity index (χ0n) is 17.0. The van der Waals surface area contributed by atoms with Crippen LogP contribution in [-0.4, -0.2) is 35.9 Å². The molecule has 0 saturated carbocycles. The summed E-state index contributed by atoms with van der Waals surface area (Å²) in [5, 5.41) is 8.56. The summed E-state index contributed by atoms with van der Waals surface area (Å²) in [5.74, 6) is 2.88. The summed E-state index contributed by atoms with van der Waals surface area (Å²) >= 11 is 0. The van der Waals surface area contributed by atoms with Crippen molar-refractivity contribution in [3.05, 3.63) is 60.0 Å². The SMILES string of the molecule is COc1ccc(-c2nnc(CN3CCCCCC3c3ccc(OC)cc3)o2)cc1. The average molecular weight is 393 g/mol. The van der Waals surface area contributed by atoms with Gasteiger partial charge in [0, 0.05) is 11.6 Å². The van der Waals surface area contributed by atoms with E-state index in [0.29, 0.717) is 24.4 Å². The highest BCUT2D eigenvalue weighted by Gasteiger charge is 2.24. The van der Waals surface area contributed by atoms with Crippen LogP contribution in [-0.2, 0) is 6.54 Å². The molecule has 1 aromatic heterocycles. The van der Waals surface area contributed by atoms with Crippen molar-refractivity contribution in [2.45, 2.75) is 38.3 Å². The number of ether oxygens (including phenoxy) is 2. The predicted molar refractivity (Wildman–Crippen MR) is 111 cm³/mol. The molecule has 2 aromatic carbocycles. The van der Waals surface area contributed by atoms with Crippen LogP contribution < -0.4 is 9.47 Å². The Balaban J connectivity index is 1.51. The molecule has 0 bridgehead atoms. The normalized spacial score (nSPS) is 17.7. The Morgan fingerprint density at radius 1 is 0.897 bits per heavy atom. The third-order valence-corrected chi connectivity index (χ3v) is 5.51. The summed E-state index contributed by atoms with van der Waals surface area (Å²) in [5.41, 5.74) is 2.20. The van der Waals surface area contributed by atoms with Crippen molar-refractivity contribution < 1.29 is 13.9 Å². The van der Waals surface area contributed by atoms with Crippen LogP contribution in [0.2, 0.25) is 0 Å². The minimum absolute atomic E-state index is 0.347. The quantitative estimate of drug-likeness (QED) is 0.595. The molecule has 2 heterocycles. The summed E-state index contributed by atoms with van der Waals surface area (Å²) in [6.45, 7) is 1.68. The molecule has 1 aliphatic rings. The molecular weight excluding hydrogens is 366 g/mol. The van der Waals surface area contributed by atoms with E-state index in [4.69, 9.17) is 13.9 Å². The molecule has 0 N–H and O–H groups in total. The Labute approximate surface area is 171 Å². The van der Waals surface area contributed by atoms with Gasteiger partial charge in [-0.25, -0.2) is 0 Å². The Kier molecular flexibility index (Phi) is 6.10. The van der Waals surface area contributed by atoms with Crippen molar-refractivity contribution in [3.8, 4) is 23.0 Å². The Morgan fingerprint density at radius 2 is 1.59 bits per heavy atom. The highest BCUT2D eigenvalue weighted by atomic mass is 16.5. The van der Waals surface area contributed by atoms with Crippen LogP contribution in [0.15, 0.2) is 52.9 Å². The van der Waals surface area contributed by atoms with Gasteiger partial charge in [0.2, 0.25) is 11.8 Å². The molecule has 29 heavy (non-hydrogen) atoms. The first-order valence-electron chi connectivity index (χ1n) is 10.1. The highest BCUT2D eigenvalue weighted by Crippen LogP contribution is 2.32. The molecule has 1 atom stereocenters. The van der Waals surface area contributed by atoms with Gasteiger partial charge >= 0.3 is 0 Å². The molecule has 0 amide bonds. The van der Waals surface area contributed by atoms with E-state index in [2.05, 4.69) is 27.2 Å². The highest BCUT2D eigenvalue weighted by molar-refractivity contribution is 5.53. The van der Waals surface area contributed by atoms with Gasteiger partial charge in [0.1, 0.15) is 11.5 Å². The lowest BCUT2D eigenvalue weighted by Crippen LogP contribution is -2.28. The van der Waals surface area contributed by atoms with Gasteiger partial charge in [-0.2, -0.15) is 0 Å². The van der Waals surface area contributed by atoms with Crippen molar-refractivity contribution in [3.63, 3.8) is 0 Å². The van der Waals surface area contributed by atoms with Crippen molar-refractivity contribution in [2.24, 2.45) is 0 Å². The van der Waals surface area contributed by atoms with Crippen molar-refractivity contribution in [1.29, 1.82) is 0 Å². The summed E-state index contributed by atoms with van der Waals surface area (Å²) in [4.78, 5) is 2.46. The van der Waals surface area contributed by atoms with Crippen LogP contribution in [0.1, 0.15) is 43.2 Å². The van der Waals surface area contributed by atoms with Gasteiger partial charge in [0.05, 0.1) is 20.8 Å². The van der Waals surface area contributed by atoms with Gasteiger partial charge in [-0.15, -0.1) is 10.2 Å². The second-order valence-corrected chi connectivity index (χ2v) is 7.34. The summed E-state index contributed by atoms with van der Waals surface area (Å²) in [7, 11) is 3.35. The Morgan fingerprint density at radius 3 is 2.28 bits per heavy atom. The van der Waals surface area contributed by atoms with E-state index in [1.807, 2.05) is 36.4 Å². The lowest BCUT2D eigenvalue weighted by molar-refractivity contribution is 0.175. The van der Waals surface area contributed by atoms with E-state index in [1.165, 1.54) is 24.8 Å². The number of likely N-dealkylation sites (tertiary alicyclic amines) is 1. The number of benzene rings is 2. The lowest BCUT2D eigenvalue weighted by atomic mass is 10.0. The molecule has 1 aliphatic heterocycles. The smallest absolute Gasteiger partial charge is 0.247 e. The molecule has 0 radical (unpaired) electrons. The Hall–Kier alpha value is -2.86. The largest absolute Gasteiger partial charge is 0.497 e. The van der Waals surface area contributed by atoms with Crippen molar-refractivity contribution in [1.82, 2.24) is 15.1 Å². The number of methoxy groups -OCH3 is 2. The van der Waals surface area contributed by atoms with Crippen LogP contribution in [0.4, 0.5) is 0 Å². The fraction of sp³-hybridized carbons (Fsp3) is 0.391. The van der Waals surface area contributed by atoms with Gasteiger partial charge in [0.25, 0.3) is 0 Å². The van der Waals surface area contributed by atoms with Crippen LogP contribution >= 0.6 is 0 Å². The maximum atomic E-state index is 5.98. The molecule has 1 saturated heterocycles. The summed E-state index contributed by atoms with van der Waals surface area (Å²) in [6, 6.07) is 16.4. The molecule has 1 unspecified atom stereocenters. The molecule has 152 valence electrons. The number of aromatic nitrogens is 2. The first kappa shape index (κ1) is 19.5. The lowest BCUT2D eigenvalue weighted by Gasteiger charge is -2.29. The maximum absolute atomic E-state index is 5.98. The van der Waals surface area contributed by atoms with Crippen molar-refractivity contribution in [2.75, 3.05) is 20.8 Å². The minimum atomic E-state index is 0.347. The van der Waals surface area contributed by atoms with E-state index < -0.39 is 0 Å². The third-order valence-electron chi connectivity index (χ3n) is 5.51. The van der Waals surface area contributed by atoms with Gasteiger partial charge in [-0.05, 0) is 61.3 Å². The monoisotopic (exact) mass is 393 g/mol. The van der Waals surface area contributed by atoms with Crippen LogP contribution in [0.25, 0.3) is 11.5 Å². The average Bonchev–Trinajstić information content (AvgIpc) is 3.12. The van der Waals surface area contributed by atoms with Gasteiger partial charge in [-0.3, -0.25) is 4.90 Å². The minimum Gasteiger partial charge on any atom is -0.497 e. The molecular formula is C23H27N3O3. The van der Waals surface area contributed by atoms with E-state index in [0.717, 1.165) is 30.0 Å². The fourth-order valence-corrected chi connectivity index (χ4v) is 3.90. The second-order valence-electron chi connectivity index (χ2n) is 7.34. The van der Waals surface area contributed by atoms with Crippen LogP contribution in [0.3, 0.4) is 0 Å². The van der Waals surface area contributed by atoms with Gasteiger partial charge in [0.15, 0.2) is 0 Å². The Bertz CT molecular complexity index is 906. The number of rotatable bonds is 6. The van der Waals surface area contributed by atoms with Crippen LogP contribution in [0.5, 0.6) is 11.5 Å². The molecule has 0 spiro atoms. The fourth-order valence-electron chi connectivity index (χ4n) is 3.90. The zero-order valence-corrected chi connectivity index (χ0v) is 17.0. The van der Waals surface area contributed by atoms with Crippen LogP contribution in [0, 0.1) is 0 Å². The standard InChI is InChI=1S/C23H27N3O3/c1-27-19-11-7-17(8-12-19)21-6-4-3-5-15-26(21)16-22-24-25-23(29-22)18-9-13-20(28-2)14-10-18/h7-14,21H,3-6,15-16H2,1-2H3. The van der Waals surface area contributed by atoms with E-state index in [9.17, 15) is 0 Å². The summed E-state index contributed by atoms with van der Waals surface area (Å²) < 4.78 is 16.5. The molecule has 1 fully saturated rings. The van der Waals surface area contributed by atoms with E-state index in [1.54, 1.807) is 14.2 Å². The first-order valence-corrected chi connectivity index (χ1v) is 10.1. The number of nitrogens with zero attached hydrogens (tertiary/aromatic N) is 3. The summed E-state index contributed by atoms with van der Waals surface area (Å²) in [6.07, 6.45) is 4.80. The molecule has 6 nitrogen and oxygen atoms in total. The maximum Gasteiger partial charge on any atom is 0.247 e. The molecule has 3 aromatic rings. The number of hydrogen-bond donors (Lipinski definition) is 0. The van der Waals surface area contributed by atoms with E-state index >= 15 is 0 Å². The predicted octanol–water partition coefficient (Wildman–Crippen LogP) is 4.87. The zero-order chi connectivity index (χ0) is 20.1. The topological polar surface area (TPSA) is 60.6 Å². The molecule has 0 aliphatic carbocycles. The third kappa shape index (κ3) is 4.59. The van der Waals surface area contributed by atoms with Crippen molar-refractivity contribution >= 4 is 0 Å². The first-order chi connectivity index (χ1) is 14.3. The molecule has 6 heteroatoms.